The molecular weight excluding hydrogens is 364 g/mol. The van der Waals surface area contributed by atoms with Crippen LogP contribution in [0, 0.1) is 0 Å². The molecule has 134 valence electrons. The number of hydrogen-bond donors (Lipinski definition) is 0. The predicted octanol–water partition coefficient (Wildman–Crippen LogP) is 3.15. The Morgan fingerprint density at radius 1 is 1.08 bits per heavy atom. The summed E-state index contributed by atoms with van der Waals surface area (Å²) in [6, 6.07) is 6.16. The van der Waals surface area contributed by atoms with Crippen molar-refractivity contribution < 1.29 is 4.79 Å². The lowest BCUT2D eigenvalue weighted by Crippen LogP contribution is -2.48. The van der Waals surface area contributed by atoms with Gasteiger partial charge >= 0.3 is 0 Å². The standard InChI is InChI=1S/C19H20N4OS2/c24-18(11-17-14-26-19(21-17)16-3-10-25-13-16)23-8-6-22(7-9-23)12-15-1-4-20-5-2-15/h1-5,10,13-14H,6-9,11-12H2. The molecule has 0 saturated carbocycles. The summed E-state index contributed by atoms with van der Waals surface area (Å²) in [5.41, 5.74) is 3.28. The van der Waals surface area contributed by atoms with Crippen molar-refractivity contribution in [3.63, 3.8) is 0 Å². The van der Waals surface area contributed by atoms with Gasteiger partial charge in [0.25, 0.3) is 0 Å². The molecule has 0 aliphatic carbocycles. The molecule has 5 nitrogen and oxygen atoms in total. The van der Waals surface area contributed by atoms with Crippen molar-refractivity contribution >= 4 is 28.6 Å². The number of carbonyl (C=O) groups is 1. The van der Waals surface area contributed by atoms with Crippen LogP contribution in [0.1, 0.15) is 11.3 Å². The Bertz CT molecular complexity index is 840. The number of carbonyl (C=O) groups excluding carboxylic acids is 1. The lowest BCUT2D eigenvalue weighted by Gasteiger charge is -2.34. The number of aromatic nitrogens is 2. The summed E-state index contributed by atoms with van der Waals surface area (Å²) in [5, 5.41) is 7.14. The molecule has 1 aliphatic heterocycles. The van der Waals surface area contributed by atoms with Gasteiger partial charge in [-0.15, -0.1) is 11.3 Å². The third-order valence-corrected chi connectivity index (χ3v) is 6.16. The van der Waals surface area contributed by atoms with E-state index in [-0.39, 0.29) is 5.91 Å². The number of nitrogens with zero attached hydrogens (tertiary/aromatic N) is 4. The Morgan fingerprint density at radius 3 is 2.62 bits per heavy atom. The molecule has 1 saturated heterocycles. The minimum Gasteiger partial charge on any atom is -0.340 e. The highest BCUT2D eigenvalue weighted by molar-refractivity contribution is 7.14. The van der Waals surface area contributed by atoms with Crippen molar-refractivity contribution in [3.8, 4) is 10.6 Å². The van der Waals surface area contributed by atoms with E-state index >= 15 is 0 Å². The molecule has 0 bridgehead atoms. The van der Waals surface area contributed by atoms with Gasteiger partial charge in [-0.2, -0.15) is 11.3 Å². The first-order valence-electron chi connectivity index (χ1n) is 8.64. The Balaban J connectivity index is 1.28. The summed E-state index contributed by atoms with van der Waals surface area (Å²) in [7, 11) is 0. The number of amides is 1. The van der Waals surface area contributed by atoms with Gasteiger partial charge in [0.1, 0.15) is 5.01 Å². The van der Waals surface area contributed by atoms with Crippen molar-refractivity contribution in [1.29, 1.82) is 0 Å². The van der Waals surface area contributed by atoms with Gasteiger partial charge in [0, 0.05) is 61.4 Å². The quantitative estimate of drug-likeness (QED) is 0.678. The van der Waals surface area contributed by atoms with Crippen molar-refractivity contribution in [1.82, 2.24) is 19.8 Å². The van der Waals surface area contributed by atoms with E-state index in [2.05, 4.69) is 26.3 Å². The first kappa shape index (κ1) is 17.3. The minimum atomic E-state index is 0.177. The van der Waals surface area contributed by atoms with Crippen molar-refractivity contribution in [3.05, 3.63) is 58.0 Å². The van der Waals surface area contributed by atoms with Crippen LogP contribution in [0.4, 0.5) is 0 Å². The molecule has 1 aliphatic rings. The van der Waals surface area contributed by atoms with Crippen LogP contribution >= 0.6 is 22.7 Å². The number of thiophene rings is 1. The smallest absolute Gasteiger partial charge is 0.228 e. The molecule has 0 radical (unpaired) electrons. The van der Waals surface area contributed by atoms with Gasteiger partial charge in [0.05, 0.1) is 12.1 Å². The fourth-order valence-electron chi connectivity index (χ4n) is 3.08. The van der Waals surface area contributed by atoms with Crippen LogP contribution in [-0.4, -0.2) is 51.9 Å². The molecule has 3 aromatic rings. The topological polar surface area (TPSA) is 49.3 Å². The molecule has 26 heavy (non-hydrogen) atoms. The van der Waals surface area contributed by atoms with Gasteiger partial charge in [0.2, 0.25) is 5.91 Å². The van der Waals surface area contributed by atoms with E-state index < -0.39 is 0 Å². The zero-order valence-electron chi connectivity index (χ0n) is 14.4. The highest BCUT2D eigenvalue weighted by Crippen LogP contribution is 2.26. The third kappa shape index (κ3) is 4.17. The Hall–Kier alpha value is -2.09. The monoisotopic (exact) mass is 384 g/mol. The molecule has 1 fully saturated rings. The molecule has 4 heterocycles. The third-order valence-electron chi connectivity index (χ3n) is 4.53. The fourth-order valence-corrected chi connectivity index (χ4v) is 4.61. The summed E-state index contributed by atoms with van der Waals surface area (Å²) in [6.45, 7) is 4.30. The van der Waals surface area contributed by atoms with Crippen LogP contribution in [0.3, 0.4) is 0 Å². The molecule has 0 spiro atoms. The van der Waals surface area contributed by atoms with Crippen molar-refractivity contribution in [2.75, 3.05) is 26.2 Å². The SMILES string of the molecule is O=C(Cc1csc(-c2ccsc2)n1)N1CCN(Cc2ccncc2)CC1. The lowest BCUT2D eigenvalue weighted by molar-refractivity contribution is -0.132. The maximum absolute atomic E-state index is 12.6. The largest absolute Gasteiger partial charge is 0.340 e. The van der Waals surface area contributed by atoms with Gasteiger partial charge in [-0.3, -0.25) is 14.7 Å². The normalized spacial score (nSPS) is 15.3. The second-order valence-electron chi connectivity index (χ2n) is 6.35. The summed E-state index contributed by atoms with van der Waals surface area (Å²) in [6.07, 6.45) is 4.05. The van der Waals surface area contributed by atoms with Crippen molar-refractivity contribution in [2.24, 2.45) is 0 Å². The molecule has 3 aromatic heterocycles. The van der Waals surface area contributed by atoms with Crippen molar-refractivity contribution in [2.45, 2.75) is 13.0 Å². The van der Waals surface area contributed by atoms with Gasteiger partial charge in [0.15, 0.2) is 0 Å². The van der Waals surface area contributed by atoms with E-state index in [0.29, 0.717) is 6.42 Å². The van der Waals surface area contributed by atoms with Crippen LogP contribution < -0.4 is 0 Å². The van der Waals surface area contributed by atoms with Gasteiger partial charge in [-0.1, -0.05) is 0 Å². The second kappa shape index (κ2) is 8.07. The van der Waals surface area contributed by atoms with Gasteiger partial charge in [-0.05, 0) is 29.1 Å². The van der Waals surface area contributed by atoms with E-state index in [0.717, 1.165) is 49.0 Å². The van der Waals surface area contributed by atoms with Gasteiger partial charge < -0.3 is 4.90 Å². The maximum Gasteiger partial charge on any atom is 0.228 e. The van der Waals surface area contributed by atoms with Gasteiger partial charge in [-0.25, -0.2) is 4.98 Å². The van der Waals surface area contributed by atoms with Crippen LogP contribution in [0.2, 0.25) is 0 Å². The summed E-state index contributed by atoms with van der Waals surface area (Å²) >= 11 is 3.27. The molecular formula is C19H20N4OS2. The van der Waals surface area contributed by atoms with E-state index in [1.807, 2.05) is 40.2 Å². The highest BCUT2D eigenvalue weighted by atomic mass is 32.1. The van der Waals surface area contributed by atoms with Crippen LogP contribution in [0.5, 0.6) is 0 Å². The predicted molar refractivity (Wildman–Crippen MR) is 105 cm³/mol. The number of pyridine rings is 1. The fraction of sp³-hybridized carbons (Fsp3) is 0.316. The molecule has 4 rings (SSSR count). The zero-order chi connectivity index (χ0) is 17.8. The Kier molecular flexibility index (Phi) is 5.38. The summed E-state index contributed by atoms with van der Waals surface area (Å²) < 4.78 is 0. The van der Waals surface area contributed by atoms with E-state index in [1.54, 1.807) is 22.7 Å². The summed E-state index contributed by atoms with van der Waals surface area (Å²) in [4.78, 5) is 25.6. The first-order valence-corrected chi connectivity index (χ1v) is 10.5. The summed E-state index contributed by atoms with van der Waals surface area (Å²) in [5.74, 6) is 0.177. The molecule has 7 heteroatoms. The Morgan fingerprint density at radius 2 is 1.88 bits per heavy atom. The Labute approximate surface area is 160 Å². The number of hydrogen-bond acceptors (Lipinski definition) is 6. The highest BCUT2D eigenvalue weighted by Gasteiger charge is 2.22. The molecule has 0 aromatic carbocycles. The van der Waals surface area contributed by atoms with Crippen LogP contribution in [0.25, 0.3) is 10.6 Å². The molecule has 0 atom stereocenters. The minimum absolute atomic E-state index is 0.177. The zero-order valence-corrected chi connectivity index (χ0v) is 16.0. The second-order valence-corrected chi connectivity index (χ2v) is 7.98. The number of thiazole rings is 1. The number of rotatable bonds is 5. The van der Waals surface area contributed by atoms with Crippen LogP contribution in [-0.2, 0) is 17.8 Å². The van der Waals surface area contributed by atoms with Crippen LogP contribution in [0.15, 0.2) is 46.7 Å². The van der Waals surface area contributed by atoms with E-state index in [9.17, 15) is 4.79 Å². The number of piperazine rings is 1. The molecule has 0 unspecified atom stereocenters. The van der Waals surface area contributed by atoms with E-state index in [4.69, 9.17) is 0 Å². The maximum atomic E-state index is 12.6. The van der Waals surface area contributed by atoms with E-state index in [1.165, 1.54) is 5.56 Å². The lowest BCUT2D eigenvalue weighted by atomic mass is 10.2. The molecule has 1 amide bonds. The average molecular weight is 385 g/mol. The average Bonchev–Trinajstić information content (AvgIpc) is 3.35. The first-order chi connectivity index (χ1) is 12.8. The molecule has 0 N–H and O–H groups in total.